The minimum atomic E-state index is -0.638. The van der Waals surface area contributed by atoms with Crippen molar-refractivity contribution >= 4 is 11.9 Å². The number of aryl methyl sites for hydroxylation is 1. The van der Waals surface area contributed by atoms with Crippen molar-refractivity contribution < 1.29 is 14.3 Å². The quantitative estimate of drug-likeness (QED) is 0.734. The molecule has 1 heterocycles. The van der Waals surface area contributed by atoms with E-state index in [-0.39, 0.29) is 17.3 Å². The summed E-state index contributed by atoms with van der Waals surface area (Å²) in [6, 6.07) is 2.02. The second-order valence-electron chi connectivity index (χ2n) is 7.01. The molecule has 0 unspecified atom stereocenters. The van der Waals surface area contributed by atoms with Crippen LogP contribution in [-0.2, 0) is 21.4 Å². The summed E-state index contributed by atoms with van der Waals surface area (Å²) in [5, 5.41) is 13.8. The van der Waals surface area contributed by atoms with Crippen molar-refractivity contribution in [2.45, 2.75) is 39.0 Å². The molecule has 120 valence electrons. The van der Waals surface area contributed by atoms with Crippen LogP contribution in [0, 0.1) is 22.7 Å². The fourth-order valence-electron chi connectivity index (χ4n) is 4.23. The molecule has 0 fully saturated rings. The predicted molar refractivity (Wildman–Crippen MR) is 81.7 cm³/mol. The van der Waals surface area contributed by atoms with Crippen LogP contribution in [0.15, 0.2) is 17.8 Å². The summed E-state index contributed by atoms with van der Waals surface area (Å²) in [4.78, 5) is 24.3. The van der Waals surface area contributed by atoms with E-state index in [2.05, 4.69) is 5.10 Å². The number of fused-ring (bicyclic) bond motifs is 3. The SMILES string of the molecule is COC(=O)n1cc2c(n1)[C@@]1(C)C=C(C#N)C(=O)C(C)(C)[C@@H]1CC2. The second-order valence-corrected chi connectivity index (χ2v) is 7.01. The molecule has 6 heteroatoms. The van der Waals surface area contributed by atoms with Crippen LogP contribution in [-0.4, -0.2) is 28.8 Å². The molecule has 0 aromatic carbocycles. The summed E-state index contributed by atoms with van der Waals surface area (Å²) >= 11 is 0. The monoisotopic (exact) mass is 313 g/mol. The summed E-state index contributed by atoms with van der Waals surface area (Å²) in [7, 11) is 1.31. The molecular weight excluding hydrogens is 294 g/mol. The van der Waals surface area contributed by atoms with Crippen LogP contribution in [0.3, 0.4) is 0 Å². The van der Waals surface area contributed by atoms with Gasteiger partial charge in [0.1, 0.15) is 6.07 Å². The first-order valence-corrected chi connectivity index (χ1v) is 7.60. The van der Waals surface area contributed by atoms with Crippen molar-refractivity contribution in [3.63, 3.8) is 0 Å². The van der Waals surface area contributed by atoms with Crippen LogP contribution in [0.1, 0.15) is 38.4 Å². The average Bonchev–Trinajstić information content (AvgIpc) is 2.96. The van der Waals surface area contributed by atoms with E-state index in [0.717, 1.165) is 24.1 Å². The molecule has 3 rings (SSSR count). The van der Waals surface area contributed by atoms with Crippen LogP contribution < -0.4 is 0 Å². The van der Waals surface area contributed by atoms with Gasteiger partial charge in [-0.15, -0.1) is 0 Å². The number of methoxy groups -OCH3 is 1. The summed E-state index contributed by atoms with van der Waals surface area (Å²) in [6.45, 7) is 5.78. The Hall–Kier alpha value is -2.42. The van der Waals surface area contributed by atoms with Crippen LogP contribution in [0.4, 0.5) is 4.79 Å². The Balaban J connectivity index is 2.21. The number of aromatic nitrogens is 2. The summed E-state index contributed by atoms with van der Waals surface area (Å²) in [5.41, 5.74) is 0.714. The van der Waals surface area contributed by atoms with E-state index in [4.69, 9.17) is 4.74 Å². The van der Waals surface area contributed by atoms with Gasteiger partial charge in [-0.2, -0.15) is 15.0 Å². The van der Waals surface area contributed by atoms with E-state index < -0.39 is 16.9 Å². The van der Waals surface area contributed by atoms with Gasteiger partial charge in [-0.1, -0.05) is 26.8 Å². The number of rotatable bonds is 0. The summed E-state index contributed by atoms with van der Waals surface area (Å²) in [6.07, 6.45) is 4.43. The maximum atomic E-state index is 12.6. The van der Waals surface area contributed by atoms with Gasteiger partial charge in [0, 0.05) is 17.0 Å². The molecule has 23 heavy (non-hydrogen) atoms. The van der Waals surface area contributed by atoms with Gasteiger partial charge in [0.15, 0.2) is 5.78 Å². The molecule has 6 nitrogen and oxygen atoms in total. The average molecular weight is 313 g/mol. The predicted octanol–water partition coefficient (Wildman–Crippen LogP) is 2.38. The van der Waals surface area contributed by atoms with Crippen LogP contribution >= 0.6 is 0 Å². The largest absolute Gasteiger partial charge is 0.451 e. The Morgan fingerprint density at radius 1 is 1.48 bits per heavy atom. The summed E-state index contributed by atoms with van der Waals surface area (Å²) in [5.74, 6) is -0.0774. The highest BCUT2D eigenvalue weighted by Gasteiger charge is 2.55. The van der Waals surface area contributed by atoms with Gasteiger partial charge in [-0.05, 0) is 24.3 Å². The first kappa shape index (κ1) is 15.5. The molecule has 0 saturated carbocycles. The number of nitrogens with zero attached hydrogens (tertiary/aromatic N) is 3. The number of allylic oxidation sites excluding steroid dienone is 2. The Morgan fingerprint density at radius 2 is 2.17 bits per heavy atom. The number of ketones is 1. The fourth-order valence-corrected chi connectivity index (χ4v) is 4.23. The molecule has 1 aromatic rings. The maximum Gasteiger partial charge on any atom is 0.434 e. The van der Waals surface area contributed by atoms with Crippen molar-refractivity contribution in [3.8, 4) is 6.07 Å². The number of carbonyl (C=O) groups excluding carboxylic acids is 2. The van der Waals surface area contributed by atoms with E-state index in [1.165, 1.54) is 11.8 Å². The Morgan fingerprint density at radius 3 is 2.78 bits per heavy atom. The molecule has 0 radical (unpaired) electrons. The van der Waals surface area contributed by atoms with E-state index in [1.54, 1.807) is 12.3 Å². The highest BCUT2D eigenvalue weighted by atomic mass is 16.5. The standard InChI is InChI=1S/C17H19N3O3/c1-16(2)12-6-5-10-9-20(15(22)23-4)19-13(10)17(12,3)7-11(8-18)14(16)21/h7,9,12H,5-6H2,1-4H3/t12-,17-/m0/s1. The molecular formula is C17H19N3O3. The summed E-state index contributed by atoms with van der Waals surface area (Å²) < 4.78 is 5.92. The lowest BCUT2D eigenvalue weighted by Gasteiger charge is -2.49. The van der Waals surface area contributed by atoms with Crippen LogP contribution in [0.25, 0.3) is 0 Å². The van der Waals surface area contributed by atoms with Gasteiger partial charge >= 0.3 is 6.09 Å². The minimum absolute atomic E-state index is 0.0353. The van der Waals surface area contributed by atoms with Gasteiger partial charge in [0.25, 0.3) is 0 Å². The lowest BCUT2D eigenvalue weighted by molar-refractivity contribution is -0.128. The molecule has 0 aliphatic heterocycles. The zero-order valence-corrected chi connectivity index (χ0v) is 13.7. The number of hydrogen-bond donors (Lipinski definition) is 0. The Kier molecular flexibility index (Phi) is 3.22. The normalized spacial score (nSPS) is 28.2. The third-order valence-corrected chi connectivity index (χ3v) is 5.35. The van der Waals surface area contributed by atoms with Crippen molar-refractivity contribution in [1.29, 1.82) is 5.26 Å². The van der Waals surface area contributed by atoms with E-state index in [1.807, 2.05) is 26.8 Å². The highest BCUT2D eigenvalue weighted by molar-refractivity contribution is 6.04. The smallest absolute Gasteiger partial charge is 0.434 e. The first-order chi connectivity index (χ1) is 10.8. The van der Waals surface area contributed by atoms with Gasteiger partial charge in [-0.25, -0.2) is 4.79 Å². The molecule has 0 amide bonds. The van der Waals surface area contributed by atoms with Crippen molar-refractivity contribution in [2.75, 3.05) is 7.11 Å². The van der Waals surface area contributed by atoms with E-state index in [0.29, 0.717) is 0 Å². The molecule has 0 bridgehead atoms. The van der Waals surface area contributed by atoms with Gasteiger partial charge in [-0.3, -0.25) is 4.79 Å². The molecule has 2 aliphatic carbocycles. The van der Waals surface area contributed by atoms with Crippen molar-refractivity contribution in [1.82, 2.24) is 9.78 Å². The van der Waals surface area contributed by atoms with Crippen LogP contribution in [0.5, 0.6) is 0 Å². The zero-order chi connectivity index (χ0) is 17.0. The van der Waals surface area contributed by atoms with E-state index >= 15 is 0 Å². The Labute approximate surface area is 134 Å². The number of Topliss-reactive ketones (excluding diaryl/α,β-unsaturated/α-hetero) is 1. The molecule has 2 aliphatic rings. The lowest BCUT2D eigenvalue weighted by Crippen LogP contribution is -2.51. The third kappa shape index (κ3) is 1.96. The van der Waals surface area contributed by atoms with Gasteiger partial charge < -0.3 is 4.74 Å². The van der Waals surface area contributed by atoms with E-state index in [9.17, 15) is 14.9 Å². The number of hydrogen-bond acceptors (Lipinski definition) is 5. The Bertz CT molecular complexity index is 781. The second kappa shape index (κ2) is 4.79. The molecule has 0 N–H and O–H groups in total. The van der Waals surface area contributed by atoms with Crippen LogP contribution in [0.2, 0.25) is 0 Å². The maximum absolute atomic E-state index is 12.6. The molecule has 1 aromatic heterocycles. The van der Waals surface area contributed by atoms with Crippen molar-refractivity contribution in [2.24, 2.45) is 11.3 Å². The van der Waals surface area contributed by atoms with Gasteiger partial charge in [0.05, 0.1) is 18.4 Å². The first-order valence-electron chi connectivity index (χ1n) is 7.60. The number of nitriles is 1. The minimum Gasteiger partial charge on any atom is -0.451 e. The van der Waals surface area contributed by atoms with Gasteiger partial charge in [0.2, 0.25) is 0 Å². The number of carbonyl (C=O) groups is 2. The molecule has 0 saturated heterocycles. The lowest BCUT2D eigenvalue weighted by atomic mass is 9.52. The van der Waals surface area contributed by atoms with Crippen molar-refractivity contribution in [3.05, 3.63) is 29.1 Å². The topological polar surface area (TPSA) is 85.0 Å². The zero-order valence-electron chi connectivity index (χ0n) is 13.7. The molecule has 2 atom stereocenters. The number of ether oxygens (including phenoxy) is 1. The third-order valence-electron chi connectivity index (χ3n) is 5.35. The molecule has 0 spiro atoms. The fraction of sp³-hybridized carbons (Fsp3) is 0.529. The highest BCUT2D eigenvalue weighted by Crippen LogP contribution is 2.54.